The van der Waals surface area contributed by atoms with Crippen LogP contribution in [0.2, 0.25) is 5.02 Å². The van der Waals surface area contributed by atoms with Crippen molar-refractivity contribution in [3.8, 4) is 5.75 Å². The average molecular weight is 504 g/mol. The molecule has 0 aliphatic heterocycles. The van der Waals surface area contributed by atoms with Crippen LogP contribution in [0.15, 0.2) is 32.8 Å². The number of hydrogen-bond acceptors (Lipinski definition) is 7. The molecule has 0 saturated heterocycles. The lowest BCUT2D eigenvalue weighted by Gasteiger charge is -2.21. The molecule has 34 heavy (non-hydrogen) atoms. The Morgan fingerprint density at radius 1 is 1.18 bits per heavy atom. The summed E-state index contributed by atoms with van der Waals surface area (Å²) in [4.78, 5) is 47.6. The van der Waals surface area contributed by atoms with Crippen LogP contribution < -0.4 is 21.3 Å². The van der Waals surface area contributed by atoms with Crippen molar-refractivity contribution in [1.82, 2.24) is 19.1 Å². The number of thioether (sulfide) groups is 1. The normalized spacial score (nSPS) is 14.4. The Labute approximate surface area is 205 Å². The van der Waals surface area contributed by atoms with E-state index >= 15 is 0 Å². The predicted octanol–water partition coefficient (Wildman–Crippen LogP) is 3.47. The first-order chi connectivity index (χ1) is 16.3. The number of nitrogens with zero attached hydrogens (tertiary/aromatic N) is 4. The number of halogens is 1. The standard InChI is InChI=1S/C23H26ClN5O4S/c1-28-20-18(22(31)29(2)23(28)32)21(27-19(26-20)13-7-5-4-6-8-13)34-12-17(30)25-15-11-14(24)9-10-16(15)33-3/h9-11,13H,4-8,12H2,1-3H3,(H,25,30). The first-order valence-electron chi connectivity index (χ1n) is 11.0. The molecule has 1 aliphatic rings. The molecule has 0 bridgehead atoms. The van der Waals surface area contributed by atoms with Crippen molar-refractivity contribution in [1.29, 1.82) is 0 Å². The topological polar surface area (TPSA) is 108 Å². The molecule has 0 atom stereocenters. The third kappa shape index (κ3) is 4.83. The molecule has 0 radical (unpaired) electrons. The zero-order valence-electron chi connectivity index (χ0n) is 19.3. The van der Waals surface area contributed by atoms with E-state index in [9.17, 15) is 14.4 Å². The number of carbonyl (C=O) groups is 1. The van der Waals surface area contributed by atoms with E-state index in [-0.39, 0.29) is 23.0 Å². The highest BCUT2D eigenvalue weighted by atomic mass is 35.5. The summed E-state index contributed by atoms with van der Waals surface area (Å²) >= 11 is 7.20. The molecule has 1 N–H and O–H groups in total. The number of anilines is 1. The maximum Gasteiger partial charge on any atom is 0.332 e. The van der Waals surface area contributed by atoms with Crippen LogP contribution in [0.3, 0.4) is 0 Å². The lowest BCUT2D eigenvalue weighted by molar-refractivity contribution is -0.113. The summed E-state index contributed by atoms with van der Waals surface area (Å²) in [5.74, 6) is 0.964. The molecule has 1 amide bonds. The number of ether oxygens (including phenoxy) is 1. The van der Waals surface area contributed by atoms with E-state index in [1.54, 1.807) is 25.2 Å². The van der Waals surface area contributed by atoms with E-state index in [1.165, 1.54) is 25.1 Å². The Kier molecular flexibility index (Phi) is 7.27. The summed E-state index contributed by atoms with van der Waals surface area (Å²) in [6, 6.07) is 4.95. The SMILES string of the molecule is COc1ccc(Cl)cc1NC(=O)CSc1nc(C2CCCCC2)nc2c1c(=O)n(C)c(=O)n2C. The molecule has 1 aromatic carbocycles. The Morgan fingerprint density at radius 3 is 2.62 bits per heavy atom. The van der Waals surface area contributed by atoms with Crippen LogP contribution in [0.25, 0.3) is 11.0 Å². The van der Waals surface area contributed by atoms with Gasteiger partial charge < -0.3 is 10.1 Å². The highest BCUT2D eigenvalue weighted by Gasteiger charge is 2.24. The molecule has 2 aromatic heterocycles. The van der Waals surface area contributed by atoms with E-state index < -0.39 is 11.2 Å². The number of benzene rings is 1. The van der Waals surface area contributed by atoms with Crippen LogP contribution in [0.1, 0.15) is 43.8 Å². The van der Waals surface area contributed by atoms with Gasteiger partial charge in [-0.05, 0) is 31.0 Å². The lowest BCUT2D eigenvalue weighted by Crippen LogP contribution is -2.38. The second kappa shape index (κ2) is 10.2. The van der Waals surface area contributed by atoms with Gasteiger partial charge in [0.15, 0.2) is 5.65 Å². The van der Waals surface area contributed by atoms with Gasteiger partial charge in [0.2, 0.25) is 5.91 Å². The number of fused-ring (bicyclic) bond motifs is 1. The third-order valence-electron chi connectivity index (χ3n) is 6.03. The molecule has 1 saturated carbocycles. The van der Waals surface area contributed by atoms with Gasteiger partial charge in [-0.1, -0.05) is 42.6 Å². The Balaban J connectivity index is 1.69. The fourth-order valence-corrected chi connectivity index (χ4v) is 5.18. The van der Waals surface area contributed by atoms with Gasteiger partial charge in [0.25, 0.3) is 5.56 Å². The first-order valence-corrected chi connectivity index (χ1v) is 12.4. The zero-order chi connectivity index (χ0) is 24.4. The van der Waals surface area contributed by atoms with Gasteiger partial charge >= 0.3 is 5.69 Å². The van der Waals surface area contributed by atoms with Gasteiger partial charge in [-0.25, -0.2) is 14.8 Å². The summed E-state index contributed by atoms with van der Waals surface area (Å²) in [5.41, 5.74) is -0.183. The molecule has 0 spiro atoms. The minimum Gasteiger partial charge on any atom is -0.495 e. The summed E-state index contributed by atoms with van der Waals surface area (Å²) in [6.45, 7) is 0. The largest absolute Gasteiger partial charge is 0.495 e. The summed E-state index contributed by atoms with van der Waals surface area (Å²) in [6.07, 6.45) is 5.28. The zero-order valence-corrected chi connectivity index (χ0v) is 20.8. The second-order valence-corrected chi connectivity index (χ2v) is 9.71. The van der Waals surface area contributed by atoms with Crippen LogP contribution in [-0.4, -0.2) is 37.9 Å². The molecule has 0 unspecified atom stereocenters. The molecule has 1 fully saturated rings. The molecule has 180 valence electrons. The number of nitrogens with one attached hydrogen (secondary N) is 1. The first kappa shape index (κ1) is 24.3. The van der Waals surface area contributed by atoms with E-state index in [4.69, 9.17) is 21.3 Å². The fourth-order valence-electron chi connectivity index (χ4n) is 4.19. The van der Waals surface area contributed by atoms with E-state index in [0.29, 0.717) is 33.0 Å². The summed E-state index contributed by atoms with van der Waals surface area (Å²) in [5, 5.41) is 3.90. The van der Waals surface area contributed by atoms with Crippen molar-refractivity contribution in [3.05, 3.63) is 49.9 Å². The van der Waals surface area contributed by atoms with Gasteiger partial charge in [-0.3, -0.25) is 18.7 Å². The van der Waals surface area contributed by atoms with E-state index in [2.05, 4.69) is 10.3 Å². The average Bonchev–Trinajstić information content (AvgIpc) is 2.85. The number of hydrogen-bond donors (Lipinski definition) is 1. The third-order valence-corrected chi connectivity index (χ3v) is 7.24. The molecule has 1 aliphatic carbocycles. The highest BCUT2D eigenvalue weighted by Crippen LogP contribution is 2.33. The van der Waals surface area contributed by atoms with Gasteiger partial charge in [-0.2, -0.15) is 0 Å². The van der Waals surface area contributed by atoms with Crippen molar-refractivity contribution in [3.63, 3.8) is 0 Å². The van der Waals surface area contributed by atoms with Gasteiger partial charge in [0.1, 0.15) is 22.0 Å². The van der Waals surface area contributed by atoms with Gasteiger partial charge in [-0.15, -0.1) is 0 Å². The number of carbonyl (C=O) groups excluding carboxylic acids is 1. The smallest absolute Gasteiger partial charge is 0.332 e. The monoisotopic (exact) mass is 503 g/mol. The fraction of sp³-hybridized carbons (Fsp3) is 0.435. The molecule has 2 heterocycles. The van der Waals surface area contributed by atoms with Crippen molar-refractivity contribution in [2.45, 2.75) is 43.0 Å². The number of aromatic nitrogens is 4. The molecule has 11 heteroatoms. The van der Waals surface area contributed by atoms with E-state index in [1.807, 2.05) is 0 Å². The molecule has 9 nitrogen and oxygen atoms in total. The minimum atomic E-state index is -0.479. The Bertz CT molecular complexity index is 1360. The van der Waals surface area contributed by atoms with Crippen LogP contribution in [0.5, 0.6) is 5.75 Å². The molecular weight excluding hydrogens is 478 g/mol. The summed E-state index contributed by atoms with van der Waals surface area (Å²) < 4.78 is 7.68. The van der Waals surface area contributed by atoms with Crippen LogP contribution >= 0.6 is 23.4 Å². The minimum absolute atomic E-state index is 0.00210. The number of aryl methyl sites for hydroxylation is 1. The second-order valence-electron chi connectivity index (χ2n) is 8.31. The Morgan fingerprint density at radius 2 is 1.91 bits per heavy atom. The van der Waals surface area contributed by atoms with E-state index in [0.717, 1.165) is 42.0 Å². The molecular formula is C23H26ClN5O4S. The van der Waals surface area contributed by atoms with Crippen LogP contribution in [0, 0.1) is 0 Å². The van der Waals surface area contributed by atoms with Crippen molar-refractivity contribution < 1.29 is 9.53 Å². The van der Waals surface area contributed by atoms with Gasteiger partial charge in [0.05, 0.1) is 18.6 Å². The van der Waals surface area contributed by atoms with Crippen molar-refractivity contribution >= 4 is 46.0 Å². The maximum atomic E-state index is 13.0. The number of rotatable bonds is 6. The van der Waals surface area contributed by atoms with Crippen molar-refractivity contribution in [2.24, 2.45) is 14.1 Å². The predicted molar refractivity (Wildman–Crippen MR) is 133 cm³/mol. The van der Waals surface area contributed by atoms with Crippen molar-refractivity contribution in [2.75, 3.05) is 18.2 Å². The number of methoxy groups -OCH3 is 1. The van der Waals surface area contributed by atoms with Crippen LogP contribution in [-0.2, 0) is 18.9 Å². The molecule has 4 rings (SSSR count). The lowest BCUT2D eigenvalue weighted by atomic mass is 9.89. The number of amides is 1. The highest BCUT2D eigenvalue weighted by molar-refractivity contribution is 8.00. The van der Waals surface area contributed by atoms with Crippen LogP contribution in [0.4, 0.5) is 5.69 Å². The quantitative estimate of drug-likeness (QED) is 0.405. The Hall–Kier alpha value is -2.85. The maximum absolute atomic E-state index is 13.0. The molecule has 3 aromatic rings. The van der Waals surface area contributed by atoms with Gasteiger partial charge in [0, 0.05) is 25.0 Å². The summed E-state index contributed by atoms with van der Waals surface area (Å²) in [7, 11) is 4.52.